The molecular formula is C19H17N5O2. The van der Waals surface area contributed by atoms with E-state index in [2.05, 4.69) is 10.3 Å². The predicted molar refractivity (Wildman–Crippen MR) is 96.8 cm³/mol. The van der Waals surface area contributed by atoms with E-state index in [9.17, 15) is 9.59 Å². The summed E-state index contributed by atoms with van der Waals surface area (Å²) in [4.78, 5) is 29.9. The van der Waals surface area contributed by atoms with Gasteiger partial charge in [-0.1, -0.05) is 24.3 Å². The molecule has 0 spiro atoms. The number of carbonyl (C=O) groups is 2. The van der Waals surface area contributed by atoms with Gasteiger partial charge in [-0.05, 0) is 29.8 Å². The van der Waals surface area contributed by atoms with E-state index in [1.807, 2.05) is 52.1 Å². The van der Waals surface area contributed by atoms with Crippen LogP contribution in [0.4, 0.5) is 5.69 Å². The lowest BCUT2D eigenvalue weighted by Gasteiger charge is -2.38. The Morgan fingerprint density at radius 3 is 2.62 bits per heavy atom. The van der Waals surface area contributed by atoms with Crippen LogP contribution in [0, 0.1) is 0 Å². The summed E-state index contributed by atoms with van der Waals surface area (Å²) in [6.07, 6.45) is 4.81. The van der Waals surface area contributed by atoms with Crippen LogP contribution in [0.25, 0.3) is 5.69 Å². The number of aromatic nitrogens is 2. The summed E-state index contributed by atoms with van der Waals surface area (Å²) in [5, 5.41) is 2.96. The van der Waals surface area contributed by atoms with E-state index in [-0.39, 0.29) is 12.5 Å². The molecule has 2 amide bonds. The number of imidazole rings is 1. The molecule has 0 saturated carbocycles. The number of primary amides is 1. The predicted octanol–water partition coefficient (Wildman–Crippen LogP) is 1.61. The van der Waals surface area contributed by atoms with Crippen LogP contribution in [0.15, 0.2) is 67.3 Å². The number of carbonyl (C=O) groups excluding carboxylic acids is 2. The van der Waals surface area contributed by atoms with Gasteiger partial charge in [-0.3, -0.25) is 9.59 Å². The summed E-state index contributed by atoms with van der Waals surface area (Å²) in [5.74, 6) is -0.638. The highest BCUT2D eigenvalue weighted by Gasteiger charge is 2.32. The molecule has 2 aromatic carbocycles. The average Bonchev–Trinajstić information content (AvgIpc) is 3.19. The molecule has 3 N–H and O–H groups in total. The van der Waals surface area contributed by atoms with Gasteiger partial charge in [0.25, 0.3) is 5.91 Å². The van der Waals surface area contributed by atoms with Crippen molar-refractivity contribution in [2.45, 2.75) is 6.17 Å². The van der Waals surface area contributed by atoms with Gasteiger partial charge in [0.15, 0.2) is 0 Å². The van der Waals surface area contributed by atoms with Gasteiger partial charge in [-0.15, -0.1) is 0 Å². The minimum atomic E-state index is -0.471. The van der Waals surface area contributed by atoms with Gasteiger partial charge in [-0.2, -0.15) is 0 Å². The third kappa shape index (κ3) is 2.79. The van der Waals surface area contributed by atoms with Crippen LogP contribution in [0.3, 0.4) is 0 Å². The Kier molecular flexibility index (Phi) is 3.89. The van der Waals surface area contributed by atoms with Gasteiger partial charge < -0.3 is 20.5 Å². The molecule has 0 aliphatic carbocycles. The summed E-state index contributed by atoms with van der Waals surface area (Å²) >= 11 is 0. The van der Waals surface area contributed by atoms with Crippen molar-refractivity contribution in [2.75, 3.05) is 11.4 Å². The fourth-order valence-corrected chi connectivity index (χ4v) is 3.18. The first-order valence-electron chi connectivity index (χ1n) is 8.16. The van der Waals surface area contributed by atoms with Crippen LogP contribution in [0.5, 0.6) is 0 Å². The quantitative estimate of drug-likeness (QED) is 0.750. The highest BCUT2D eigenvalue weighted by molar-refractivity contribution is 6.02. The van der Waals surface area contributed by atoms with E-state index in [1.165, 1.54) is 0 Å². The second-order valence-corrected chi connectivity index (χ2v) is 6.05. The number of fused-ring (bicyclic) bond motifs is 1. The fourth-order valence-electron chi connectivity index (χ4n) is 3.18. The van der Waals surface area contributed by atoms with Gasteiger partial charge in [0.2, 0.25) is 5.91 Å². The number of rotatable bonds is 4. The Balaban J connectivity index is 1.72. The van der Waals surface area contributed by atoms with Crippen molar-refractivity contribution in [1.29, 1.82) is 0 Å². The number of nitrogens with one attached hydrogen (secondary N) is 1. The van der Waals surface area contributed by atoms with Gasteiger partial charge in [0.1, 0.15) is 6.17 Å². The van der Waals surface area contributed by atoms with E-state index in [4.69, 9.17) is 5.73 Å². The maximum Gasteiger partial charge on any atom is 0.255 e. The molecular weight excluding hydrogens is 330 g/mol. The smallest absolute Gasteiger partial charge is 0.255 e. The van der Waals surface area contributed by atoms with Crippen molar-refractivity contribution in [3.8, 4) is 5.69 Å². The number of hydrogen-bond acceptors (Lipinski definition) is 4. The molecule has 0 bridgehead atoms. The second-order valence-electron chi connectivity index (χ2n) is 6.05. The molecule has 1 atom stereocenters. The minimum Gasteiger partial charge on any atom is -0.368 e. The number of nitrogens with zero attached hydrogens (tertiary/aromatic N) is 3. The van der Waals surface area contributed by atoms with Crippen molar-refractivity contribution < 1.29 is 9.59 Å². The molecule has 1 aliphatic heterocycles. The van der Waals surface area contributed by atoms with Gasteiger partial charge in [0.05, 0.1) is 24.1 Å². The van der Waals surface area contributed by atoms with E-state index >= 15 is 0 Å². The van der Waals surface area contributed by atoms with Crippen LogP contribution < -0.4 is 16.0 Å². The molecule has 0 unspecified atom stereocenters. The maximum absolute atomic E-state index is 12.5. The molecule has 7 heteroatoms. The summed E-state index contributed by atoms with van der Waals surface area (Å²) in [5.41, 5.74) is 8.47. The Hall–Kier alpha value is -3.61. The molecule has 7 nitrogen and oxygen atoms in total. The Labute approximate surface area is 150 Å². The molecule has 1 aliphatic rings. The first-order chi connectivity index (χ1) is 12.6. The normalized spacial score (nSPS) is 16.1. The molecule has 0 radical (unpaired) electrons. The number of anilines is 1. The van der Waals surface area contributed by atoms with Crippen molar-refractivity contribution in [1.82, 2.24) is 14.9 Å². The first kappa shape index (κ1) is 15.9. The highest BCUT2D eigenvalue weighted by atomic mass is 16.2. The second kappa shape index (κ2) is 6.36. The van der Waals surface area contributed by atoms with E-state index in [1.54, 1.807) is 24.7 Å². The third-order valence-corrected chi connectivity index (χ3v) is 4.38. The Morgan fingerprint density at radius 1 is 1.15 bits per heavy atom. The average molecular weight is 347 g/mol. The molecule has 1 aromatic heterocycles. The van der Waals surface area contributed by atoms with Crippen LogP contribution >= 0.6 is 0 Å². The van der Waals surface area contributed by atoms with Crippen LogP contribution in [0.1, 0.15) is 22.1 Å². The molecule has 0 fully saturated rings. The summed E-state index contributed by atoms with van der Waals surface area (Å²) in [6.45, 7) is 0.00519. The number of benzene rings is 2. The minimum absolute atomic E-state index is 0.00519. The SMILES string of the molecule is NC(=O)CN1c2ccccc2C(=O)N[C@@H]1c1ccc(-n2ccnc2)cc1. The Bertz CT molecular complexity index is 950. The highest BCUT2D eigenvalue weighted by Crippen LogP contribution is 2.32. The van der Waals surface area contributed by atoms with Gasteiger partial charge in [0, 0.05) is 18.1 Å². The molecule has 2 heterocycles. The monoisotopic (exact) mass is 347 g/mol. The summed E-state index contributed by atoms with van der Waals surface area (Å²) in [7, 11) is 0. The summed E-state index contributed by atoms with van der Waals surface area (Å²) in [6, 6.07) is 14.9. The third-order valence-electron chi connectivity index (χ3n) is 4.38. The van der Waals surface area contributed by atoms with Crippen LogP contribution in [-0.2, 0) is 4.79 Å². The fraction of sp³-hybridized carbons (Fsp3) is 0.105. The van der Waals surface area contributed by atoms with Crippen LogP contribution in [0.2, 0.25) is 0 Å². The zero-order valence-corrected chi connectivity index (χ0v) is 13.9. The molecule has 4 rings (SSSR count). The number of amides is 2. The van der Waals surface area contributed by atoms with Crippen LogP contribution in [-0.4, -0.2) is 27.9 Å². The molecule has 130 valence electrons. The van der Waals surface area contributed by atoms with Crippen molar-refractivity contribution >= 4 is 17.5 Å². The first-order valence-corrected chi connectivity index (χ1v) is 8.16. The van der Waals surface area contributed by atoms with Gasteiger partial charge in [-0.25, -0.2) is 4.98 Å². The van der Waals surface area contributed by atoms with E-state index < -0.39 is 12.1 Å². The maximum atomic E-state index is 12.5. The molecule has 0 saturated heterocycles. The molecule has 3 aromatic rings. The van der Waals surface area contributed by atoms with Crippen molar-refractivity contribution in [3.63, 3.8) is 0 Å². The van der Waals surface area contributed by atoms with E-state index in [0.717, 1.165) is 11.3 Å². The molecule has 26 heavy (non-hydrogen) atoms. The standard InChI is InChI=1S/C19H17N5O2/c20-17(25)11-24-16-4-2-1-3-15(16)19(26)22-18(24)13-5-7-14(8-6-13)23-10-9-21-12-23/h1-10,12,18H,11H2,(H2,20,25)(H,22,26)/t18-/m0/s1. The zero-order valence-electron chi connectivity index (χ0n) is 13.9. The van der Waals surface area contributed by atoms with E-state index in [0.29, 0.717) is 11.3 Å². The zero-order chi connectivity index (χ0) is 18.1. The number of hydrogen-bond donors (Lipinski definition) is 2. The topological polar surface area (TPSA) is 93.3 Å². The lowest BCUT2D eigenvalue weighted by molar-refractivity contribution is -0.116. The number of nitrogens with two attached hydrogens (primary N) is 1. The van der Waals surface area contributed by atoms with Crippen molar-refractivity contribution in [3.05, 3.63) is 78.4 Å². The van der Waals surface area contributed by atoms with Crippen molar-refractivity contribution in [2.24, 2.45) is 5.73 Å². The lowest BCUT2D eigenvalue weighted by Crippen LogP contribution is -2.49. The number of para-hydroxylation sites is 1. The summed E-state index contributed by atoms with van der Waals surface area (Å²) < 4.78 is 1.89. The largest absolute Gasteiger partial charge is 0.368 e. The Morgan fingerprint density at radius 2 is 1.92 bits per heavy atom. The van der Waals surface area contributed by atoms with Gasteiger partial charge >= 0.3 is 0 Å². The lowest BCUT2D eigenvalue weighted by atomic mass is 10.0.